The minimum absolute atomic E-state index is 0. The summed E-state index contributed by atoms with van der Waals surface area (Å²) in [6, 6.07) is -0.0473. The Bertz CT molecular complexity index is 903. The molecule has 0 aliphatic carbocycles. The first-order chi connectivity index (χ1) is 17.6. The van der Waals surface area contributed by atoms with E-state index in [0.29, 0.717) is 63.8 Å². The lowest BCUT2D eigenvalue weighted by Crippen LogP contribution is -2.56. The summed E-state index contributed by atoms with van der Waals surface area (Å²) >= 11 is 0. The van der Waals surface area contributed by atoms with Crippen molar-refractivity contribution in [3.05, 3.63) is 23.3 Å². The van der Waals surface area contributed by atoms with Gasteiger partial charge in [-0.3, -0.25) is 9.59 Å². The van der Waals surface area contributed by atoms with Crippen LogP contribution in [0.4, 0.5) is 0 Å². The largest absolute Gasteiger partial charge is 0.378 e. The van der Waals surface area contributed by atoms with E-state index in [1.54, 1.807) is 6.20 Å². The monoisotopic (exact) mass is 587 g/mol. The molecular weight excluding hydrogens is 537 g/mol. The van der Waals surface area contributed by atoms with Gasteiger partial charge in [-0.15, -0.1) is 24.8 Å². The fourth-order valence-electron chi connectivity index (χ4n) is 5.20. The van der Waals surface area contributed by atoms with Gasteiger partial charge in [-0.25, -0.2) is 9.97 Å². The summed E-state index contributed by atoms with van der Waals surface area (Å²) in [6.45, 7) is 17.3. The van der Waals surface area contributed by atoms with Crippen LogP contribution in [-0.2, 0) is 21.4 Å². The Kier molecular flexibility index (Phi) is 15.2. The molecule has 8 nitrogen and oxygen atoms in total. The van der Waals surface area contributed by atoms with Crippen molar-refractivity contribution in [2.75, 3.05) is 45.9 Å². The van der Waals surface area contributed by atoms with Crippen LogP contribution in [-0.4, -0.2) is 83.6 Å². The van der Waals surface area contributed by atoms with E-state index in [-0.39, 0.29) is 54.0 Å². The van der Waals surface area contributed by atoms with Crippen molar-refractivity contribution < 1.29 is 14.3 Å². The fraction of sp³-hybridized carbons (Fsp3) is 0.793. The smallest absolute Gasteiger partial charge is 0.257 e. The molecule has 0 bridgehead atoms. The SMILES string of the molecule is CCCCCCc1nc(C(C)(C)C)ncc1C(=O)N(CC(C)C)[C@@H]1CNC[C@H](C(=O)N2CCOCC2)C1.Cl.Cl. The third-order valence-electron chi connectivity index (χ3n) is 7.30. The maximum Gasteiger partial charge on any atom is 0.257 e. The average Bonchev–Trinajstić information content (AvgIpc) is 2.89. The van der Waals surface area contributed by atoms with Crippen LogP contribution < -0.4 is 5.32 Å². The van der Waals surface area contributed by atoms with Gasteiger partial charge in [-0.2, -0.15) is 0 Å². The molecule has 2 aliphatic rings. The number of nitrogens with one attached hydrogen (secondary N) is 1. The number of amides is 2. The summed E-state index contributed by atoms with van der Waals surface area (Å²) in [4.78, 5) is 40.9. The Morgan fingerprint density at radius 2 is 1.82 bits per heavy atom. The van der Waals surface area contributed by atoms with Crippen LogP contribution >= 0.6 is 24.8 Å². The zero-order valence-corrected chi connectivity index (χ0v) is 26.5. The summed E-state index contributed by atoms with van der Waals surface area (Å²) < 4.78 is 5.43. The molecule has 2 amide bonds. The Morgan fingerprint density at radius 3 is 2.44 bits per heavy atom. The predicted molar refractivity (Wildman–Crippen MR) is 161 cm³/mol. The second-order valence-electron chi connectivity index (χ2n) is 12.1. The van der Waals surface area contributed by atoms with Gasteiger partial charge in [0.05, 0.1) is 30.4 Å². The van der Waals surface area contributed by atoms with E-state index < -0.39 is 0 Å². The molecule has 10 heteroatoms. The van der Waals surface area contributed by atoms with E-state index in [0.717, 1.165) is 30.8 Å². The zero-order chi connectivity index (χ0) is 27.0. The Hall–Kier alpha value is -1.48. The molecule has 0 spiro atoms. The molecular formula is C29H51Cl2N5O3. The first-order valence-corrected chi connectivity index (χ1v) is 14.4. The van der Waals surface area contributed by atoms with Gasteiger partial charge in [0.1, 0.15) is 5.82 Å². The number of carbonyl (C=O) groups is 2. The van der Waals surface area contributed by atoms with Crippen LogP contribution in [0.25, 0.3) is 0 Å². The van der Waals surface area contributed by atoms with Crippen molar-refractivity contribution in [2.45, 2.75) is 91.5 Å². The average molecular weight is 589 g/mol. The second kappa shape index (κ2) is 16.7. The lowest BCUT2D eigenvalue weighted by Gasteiger charge is -2.40. The van der Waals surface area contributed by atoms with Crippen molar-refractivity contribution >= 4 is 36.6 Å². The highest BCUT2D eigenvalue weighted by atomic mass is 35.5. The number of unbranched alkanes of at least 4 members (excludes halogenated alkanes) is 3. The van der Waals surface area contributed by atoms with Gasteiger partial charge in [-0.05, 0) is 25.2 Å². The molecule has 2 saturated heterocycles. The molecule has 1 aromatic rings. The molecule has 3 heterocycles. The number of halogens is 2. The lowest BCUT2D eigenvalue weighted by atomic mass is 9.91. The number of nitrogens with zero attached hydrogens (tertiary/aromatic N) is 4. The van der Waals surface area contributed by atoms with Gasteiger partial charge in [0.2, 0.25) is 5.91 Å². The van der Waals surface area contributed by atoms with Crippen LogP contribution in [0, 0.1) is 11.8 Å². The van der Waals surface area contributed by atoms with Gasteiger partial charge >= 0.3 is 0 Å². The van der Waals surface area contributed by atoms with Crippen LogP contribution in [0.5, 0.6) is 0 Å². The molecule has 0 unspecified atom stereocenters. The highest BCUT2D eigenvalue weighted by Gasteiger charge is 2.36. The Labute approximate surface area is 248 Å². The summed E-state index contributed by atoms with van der Waals surface area (Å²) in [5, 5.41) is 3.45. The summed E-state index contributed by atoms with van der Waals surface area (Å²) in [5.74, 6) is 1.12. The topological polar surface area (TPSA) is 87.7 Å². The first kappa shape index (κ1) is 35.5. The Morgan fingerprint density at radius 1 is 1.13 bits per heavy atom. The fourth-order valence-corrected chi connectivity index (χ4v) is 5.20. The summed E-state index contributed by atoms with van der Waals surface area (Å²) in [6.07, 6.45) is 7.71. The molecule has 3 rings (SSSR count). The number of piperidine rings is 1. The molecule has 0 radical (unpaired) electrons. The van der Waals surface area contributed by atoms with Gasteiger partial charge in [0, 0.05) is 50.4 Å². The van der Waals surface area contributed by atoms with Crippen LogP contribution in [0.15, 0.2) is 6.20 Å². The number of hydrogen-bond donors (Lipinski definition) is 1. The van der Waals surface area contributed by atoms with Crippen LogP contribution in [0.2, 0.25) is 0 Å². The highest BCUT2D eigenvalue weighted by molar-refractivity contribution is 5.95. The van der Waals surface area contributed by atoms with Gasteiger partial charge in [0.15, 0.2) is 0 Å². The van der Waals surface area contributed by atoms with Crippen LogP contribution in [0.3, 0.4) is 0 Å². The minimum Gasteiger partial charge on any atom is -0.378 e. The van der Waals surface area contributed by atoms with Crippen molar-refractivity contribution in [3.63, 3.8) is 0 Å². The molecule has 0 aromatic carbocycles. The number of rotatable bonds is 10. The molecule has 224 valence electrons. The van der Waals surface area contributed by atoms with E-state index in [1.165, 1.54) is 12.8 Å². The van der Waals surface area contributed by atoms with Gasteiger partial charge in [0.25, 0.3) is 5.91 Å². The maximum absolute atomic E-state index is 14.1. The molecule has 1 aromatic heterocycles. The van der Waals surface area contributed by atoms with Gasteiger partial charge in [-0.1, -0.05) is 60.8 Å². The maximum atomic E-state index is 14.1. The van der Waals surface area contributed by atoms with Crippen molar-refractivity contribution in [2.24, 2.45) is 11.8 Å². The summed E-state index contributed by atoms with van der Waals surface area (Å²) in [7, 11) is 0. The van der Waals surface area contributed by atoms with Crippen molar-refractivity contribution in [1.82, 2.24) is 25.1 Å². The predicted octanol–water partition coefficient (Wildman–Crippen LogP) is 4.68. The summed E-state index contributed by atoms with van der Waals surface area (Å²) in [5.41, 5.74) is 1.30. The minimum atomic E-state index is -0.183. The third-order valence-corrected chi connectivity index (χ3v) is 7.30. The molecule has 0 saturated carbocycles. The number of morpholine rings is 1. The molecule has 39 heavy (non-hydrogen) atoms. The van der Waals surface area contributed by atoms with E-state index in [4.69, 9.17) is 9.72 Å². The number of aromatic nitrogens is 2. The molecule has 2 atom stereocenters. The third kappa shape index (κ3) is 10.1. The Balaban J connectivity index is 0.00000380. The number of carbonyl (C=O) groups excluding carboxylic acids is 2. The molecule has 2 aliphatic heterocycles. The van der Waals surface area contributed by atoms with E-state index in [9.17, 15) is 9.59 Å². The van der Waals surface area contributed by atoms with E-state index in [2.05, 4.69) is 51.8 Å². The van der Waals surface area contributed by atoms with E-state index in [1.807, 2.05) is 9.80 Å². The first-order valence-electron chi connectivity index (χ1n) is 14.4. The quantitative estimate of drug-likeness (QED) is 0.400. The van der Waals surface area contributed by atoms with Crippen LogP contribution in [0.1, 0.15) is 95.5 Å². The molecule has 1 N–H and O–H groups in total. The zero-order valence-electron chi connectivity index (χ0n) is 24.8. The number of aryl methyl sites for hydroxylation is 1. The number of hydrogen-bond acceptors (Lipinski definition) is 6. The van der Waals surface area contributed by atoms with E-state index >= 15 is 0 Å². The standard InChI is InChI=1S/C29H49N5O3.2ClH/c1-7-8-9-10-11-25-24(19-31-28(32-25)29(4,5)6)27(36)34(20-21(2)3)23-16-22(17-30-18-23)26(35)33-12-14-37-15-13-33;;/h19,21-23,30H,7-18,20H2,1-6H3;2*1H/t22-,23+;;/m1../s1. The van der Waals surface area contributed by atoms with Gasteiger partial charge < -0.3 is 19.9 Å². The molecule has 2 fully saturated rings. The van der Waals surface area contributed by atoms with Crippen molar-refractivity contribution in [3.8, 4) is 0 Å². The lowest BCUT2D eigenvalue weighted by molar-refractivity contribution is -0.140. The second-order valence-corrected chi connectivity index (χ2v) is 12.1. The van der Waals surface area contributed by atoms with Crippen molar-refractivity contribution in [1.29, 1.82) is 0 Å². The normalized spacial score (nSPS) is 19.7. The number of ether oxygens (including phenoxy) is 1. The highest BCUT2D eigenvalue weighted by Crippen LogP contribution is 2.25.